The highest BCUT2D eigenvalue weighted by Gasteiger charge is 2.05. The van der Waals surface area contributed by atoms with Crippen LogP contribution < -0.4 is 0 Å². The molecule has 0 amide bonds. The molecule has 0 aromatic heterocycles. The van der Waals surface area contributed by atoms with E-state index < -0.39 is 9.73 Å². The Balaban J connectivity index is 3.37. The van der Waals surface area contributed by atoms with E-state index in [1.54, 1.807) is 12.1 Å². The van der Waals surface area contributed by atoms with Gasteiger partial charge in [0.15, 0.2) is 0 Å². The average molecular weight is 281 g/mol. The highest BCUT2D eigenvalue weighted by atomic mass is 127. The van der Waals surface area contributed by atoms with Crippen LogP contribution in [0.1, 0.15) is 0 Å². The van der Waals surface area contributed by atoms with Crippen molar-refractivity contribution in [1.29, 1.82) is 4.78 Å². The maximum Gasteiger partial charge on any atom is 0.0707 e. The number of halogens is 1. The van der Waals surface area contributed by atoms with Gasteiger partial charge in [-0.2, -0.15) is 0 Å². The Kier molecular flexibility index (Phi) is 2.54. The Hall–Kier alpha value is -0.100. The van der Waals surface area contributed by atoms with Crippen LogP contribution in [-0.4, -0.2) is 10.5 Å². The molecule has 0 aliphatic heterocycles. The number of nitrogens with one attached hydrogen (secondary N) is 1. The Morgan fingerprint density at radius 2 is 2.00 bits per heavy atom. The van der Waals surface area contributed by atoms with Gasteiger partial charge < -0.3 is 0 Å². The molecule has 1 rings (SSSR count). The van der Waals surface area contributed by atoms with Crippen LogP contribution in [0.5, 0.6) is 0 Å². The molecule has 1 atom stereocenters. The minimum absolute atomic E-state index is 0.626. The van der Waals surface area contributed by atoms with Gasteiger partial charge in [-0.3, -0.25) is 0 Å². The van der Waals surface area contributed by atoms with Crippen molar-refractivity contribution in [2.45, 2.75) is 4.90 Å². The molecule has 1 unspecified atom stereocenters. The molecule has 0 radical (unpaired) electrons. The molecule has 0 saturated carbocycles. The zero-order chi connectivity index (χ0) is 8.48. The third kappa shape index (κ3) is 2.16. The van der Waals surface area contributed by atoms with Crippen LogP contribution in [0, 0.1) is 8.35 Å². The van der Waals surface area contributed by atoms with Crippen molar-refractivity contribution in [2.24, 2.45) is 0 Å². The van der Waals surface area contributed by atoms with E-state index in [0.717, 1.165) is 3.57 Å². The first-order chi connectivity index (χ1) is 5.02. The SMILES string of the molecule is CS(=N)(=O)c1ccccc1I. The van der Waals surface area contributed by atoms with E-state index in [2.05, 4.69) is 22.6 Å². The van der Waals surface area contributed by atoms with E-state index in [1.807, 2.05) is 12.1 Å². The minimum Gasteiger partial charge on any atom is -0.249 e. The summed E-state index contributed by atoms with van der Waals surface area (Å²) < 4.78 is 19.5. The summed E-state index contributed by atoms with van der Waals surface area (Å²) in [4.78, 5) is 0.626. The fourth-order valence-electron chi connectivity index (χ4n) is 0.761. The number of benzene rings is 1. The molecule has 0 aliphatic carbocycles. The lowest BCUT2D eigenvalue weighted by Crippen LogP contribution is -1.96. The Labute approximate surface area is 80.1 Å². The molecule has 0 saturated heterocycles. The Morgan fingerprint density at radius 3 is 2.36 bits per heavy atom. The van der Waals surface area contributed by atoms with Gasteiger partial charge in [-0.15, -0.1) is 0 Å². The fourth-order valence-corrected chi connectivity index (χ4v) is 3.19. The zero-order valence-corrected chi connectivity index (χ0v) is 8.98. The molecule has 1 aromatic rings. The second-order valence-electron chi connectivity index (χ2n) is 2.27. The fraction of sp³-hybridized carbons (Fsp3) is 0.143. The molecule has 0 fully saturated rings. The lowest BCUT2D eigenvalue weighted by atomic mass is 10.4. The Bertz CT molecular complexity index is 358. The van der Waals surface area contributed by atoms with Crippen LogP contribution in [0.25, 0.3) is 0 Å². The van der Waals surface area contributed by atoms with Gasteiger partial charge in [0, 0.05) is 9.83 Å². The summed E-state index contributed by atoms with van der Waals surface area (Å²) in [5.41, 5.74) is 0. The van der Waals surface area contributed by atoms with Gasteiger partial charge >= 0.3 is 0 Å². The minimum atomic E-state index is -2.54. The molecule has 1 N–H and O–H groups in total. The first kappa shape index (κ1) is 8.99. The van der Waals surface area contributed by atoms with Gasteiger partial charge in [0.2, 0.25) is 0 Å². The summed E-state index contributed by atoms with van der Waals surface area (Å²) in [6.07, 6.45) is 1.44. The molecule has 0 spiro atoms. The first-order valence-corrected chi connectivity index (χ1v) is 6.04. The van der Waals surface area contributed by atoms with Crippen molar-refractivity contribution in [3.8, 4) is 0 Å². The van der Waals surface area contributed by atoms with Gasteiger partial charge in [0.05, 0.1) is 14.6 Å². The van der Waals surface area contributed by atoms with E-state index >= 15 is 0 Å². The highest BCUT2D eigenvalue weighted by molar-refractivity contribution is 14.1. The molecule has 0 aliphatic rings. The number of rotatable bonds is 1. The smallest absolute Gasteiger partial charge is 0.0707 e. The maximum atomic E-state index is 11.3. The standard InChI is InChI=1S/C7H8INOS/c1-11(9,10)7-5-3-2-4-6(7)8/h2-5,9H,1H3. The van der Waals surface area contributed by atoms with Gasteiger partial charge in [-0.25, -0.2) is 8.99 Å². The van der Waals surface area contributed by atoms with Crippen molar-refractivity contribution in [1.82, 2.24) is 0 Å². The molecule has 0 bridgehead atoms. The third-order valence-corrected chi connectivity index (χ3v) is 3.76. The van der Waals surface area contributed by atoms with Gasteiger partial charge in [-0.1, -0.05) is 12.1 Å². The monoisotopic (exact) mass is 281 g/mol. The van der Waals surface area contributed by atoms with Gasteiger partial charge in [0.1, 0.15) is 0 Å². The summed E-state index contributed by atoms with van der Waals surface area (Å²) >= 11 is 2.09. The first-order valence-electron chi connectivity index (χ1n) is 3.00. The van der Waals surface area contributed by atoms with E-state index in [-0.39, 0.29) is 0 Å². The van der Waals surface area contributed by atoms with Crippen molar-refractivity contribution < 1.29 is 4.21 Å². The van der Waals surface area contributed by atoms with Crippen molar-refractivity contribution in [3.05, 3.63) is 27.8 Å². The predicted molar refractivity (Wildman–Crippen MR) is 54.2 cm³/mol. The summed E-state index contributed by atoms with van der Waals surface area (Å²) in [5, 5.41) is 0. The summed E-state index contributed by atoms with van der Waals surface area (Å²) in [6, 6.07) is 7.26. The van der Waals surface area contributed by atoms with Crippen molar-refractivity contribution >= 4 is 32.3 Å². The summed E-state index contributed by atoms with van der Waals surface area (Å²) in [6.45, 7) is 0. The molecular formula is C7H8INOS. The molecule has 2 nitrogen and oxygen atoms in total. The quantitative estimate of drug-likeness (QED) is 0.788. The third-order valence-electron chi connectivity index (χ3n) is 1.26. The number of hydrogen-bond acceptors (Lipinski definition) is 2. The van der Waals surface area contributed by atoms with E-state index in [0.29, 0.717) is 4.90 Å². The second kappa shape index (κ2) is 3.10. The molecule has 60 valence electrons. The van der Waals surface area contributed by atoms with E-state index in [9.17, 15) is 4.21 Å². The molecule has 4 heteroatoms. The van der Waals surface area contributed by atoms with Gasteiger partial charge in [-0.05, 0) is 34.7 Å². The van der Waals surface area contributed by atoms with Crippen LogP contribution in [0.4, 0.5) is 0 Å². The molecule has 1 aromatic carbocycles. The topological polar surface area (TPSA) is 40.9 Å². The van der Waals surface area contributed by atoms with E-state index in [1.165, 1.54) is 6.26 Å². The van der Waals surface area contributed by atoms with Crippen LogP contribution in [0.15, 0.2) is 29.2 Å². The number of hydrogen-bond donors (Lipinski definition) is 1. The molecule has 11 heavy (non-hydrogen) atoms. The van der Waals surface area contributed by atoms with Crippen LogP contribution in [-0.2, 0) is 9.73 Å². The van der Waals surface area contributed by atoms with Crippen LogP contribution >= 0.6 is 22.6 Å². The highest BCUT2D eigenvalue weighted by Crippen LogP contribution is 2.16. The lowest BCUT2D eigenvalue weighted by molar-refractivity contribution is 0.678. The largest absolute Gasteiger partial charge is 0.249 e. The molecule has 0 heterocycles. The Morgan fingerprint density at radius 1 is 1.45 bits per heavy atom. The summed E-state index contributed by atoms with van der Waals surface area (Å²) in [7, 11) is -2.54. The predicted octanol–water partition coefficient (Wildman–Crippen LogP) is 2.33. The van der Waals surface area contributed by atoms with Gasteiger partial charge in [0.25, 0.3) is 0 Å². The van der Waals surface area contributed by atoms with Crippen molar-refractivity contribution in [2.75, 3.05) is 6.26 Å². The average Bonchev–Trinajstić information content (AvgIpc) is 1.86. The second-order valence-corrected chi connectivity index (χ2v) is 5.56. The normalized spacial score (nSPS) is 15.8. The van der Waals surface area contributed by atoms with Crippen molar-refractivity contribution in [3.63, 3.8) is 0 Å². The zero-order valence-electron chi connectivity index (χ0n) is 6.00. The van der Waals surface area contributed by atoms with Crippen LogP contribution in [0.3, 0.4) is 0 Å². The van der Waals surface area contributed by atoms with Crippen LogP contribution in [0.2, 0.25) is 0 Å². The lowest BCUT2D eigenvalue weighted by Gasteiger charge is -2.02. The molecular weight excluding hydrogens is 273 g/mol. The van der Waals surface area contributed by atoms with E-state index in [4.69, 9.17) is 4.78 Å². The maximum absolute atomic E-state index is 11.3. The summed E-state index contributed by atoms with van der Waals surface area (Å²) in [5.74, 6) is 0.